The standard InChI is InChI=1S/C24H34N4O2S/c1-18(2)21-16-31-24(25-21)15-27-7-3-4-20(14-27)28-10-8-26(9-11-28)13-19-5-6-22-23(12-19)30-17-29-22/h5-6,12,16,18,20H,3-4,7-11,13-15,17H2,1-2H3. The summed E-state index contributed by atoms with van der Waals surface area (Å²) < 4.78 is 11.0. The van der Waals surface area contributed by atoms with Crippen LogP contribution in [0.5, 0.6) is 11.5 Å². The maximum Gasteiger partial charge on any atom is 0.231 e. The highest BCUT2D eigenvalue weighted by atomic mass is 32.1. The quantitative estimate of drug-likeness (QED) is 0.678. The molecule has 31 heavy (non-hydrogen) atoms. The molecular formula is C24H34N4O2S. The molecule has 1 atom stereocenters. The first-order valence-electron chi connectivity index (χ1n) is 11.7. The number of nitrogens with zero attached hydrogens (tertiary/aromatic N) is 4. The Balaban J connectivity index is 1.10. The molecule has 0 radical (unpaired) electrons. The Morgan fingerprint density at radius 3 is 2.68 bits per heavy atom. The van der Waals surface area contributed by atoms with Crippen molar-refractivity contribution in [3.8, 4) is 11.5 Å². The third-order valence-corrected chi connectivity index (χ3v) is 7.62. The van der Waals surface area contributed by atoms with Crippen molar-refractivity contribution in [2.75, 3.05) is 46.1 Å². The fourth-order valence-electron chi connectivity index (χ4n) is 4.91. The second-order valence-corrected chi connectivity index (χ2v) is 10.3. The van der Waals surface area contributed by atoms with Crippen molar-refractivity contribution in [3.63, 3.8) is 0 Å². The lowest BCUT2D eigenvalue weighted by Gasteiger charge is -2.43. The lowest BCUT2D eigenvalue weighted by molar-refractivity contribution is 0.0477. The Morgan fingerprint density at radius 2 is 1.87 bits per heavy atom. The van der Waals surface area contributed by atoms with Gasteiger partial charge in [-0.3, -0.25) is 14.7 Å². The largest absolute Gasteiger partial charge is 0.454 e. The van der Waals surface area contributed by atoms with Gasteiger partial charge in [-0.1, -0.05) is 19.9 Å². The molecule has 0 bridgehead atoms. The summed E-state index contributed by atoms with van der Waals surface area (Å²) in [4.78, 5) is 12.8. The minimum atomic E-state index is 0.345. The number of aromatic nitrogens is 1. The molecule has 1 unspecified atom stereocenters. The van der Waals surface area contributed by atoms with Gasteiger partial charge in [-0.05, 0) is 43.0 Å². The molecule has 2 saturated heterocycles. The van der Waals surface area contributed by atoms with Gasteiger partial charge in [-0.15, -0.1) is 11.3 Å². The van der Waals surface area contributed by atoms with Gasteiger partial charge in [0.1, 0.15) is 5.01 Å². The highest BCUT2D eigenvalue weighted by Crippen LogP contribution is 2.33. The molecule has 0 N–H and O–H groups in total. The van der Waals surface area contributed by atoms with Gasteiger partial charge < -0.3 is 9.47 Å². The van der Waals surface area contributed by atoms with E-state index in [1.54, 1.807) is 0 Å². The SMILES string of the molecule is CC(C)c1csc(CN2CCCC(N3CCN(Cc4ccc5c(c4)OCO5)CC3)C2)n1. The van der Waals surface area contributed by atoms with E-state index < -0.39 is 0 Å². The average Bonchev–Trinajstić information content (AvgIpc) is 3.44. The van der Waals surface area contributed by atoms with Crippen LogP contribution in [0.1, 0.15) is 48.9 Å². The van der Waals surface area contributed by atoms with Crippen LogP contribution in [-0.4, -0.2) is 71.8 Å². The van der Waals surface area contributed by atoms with Gasteiger partial charge in [-0.25, -0.2) is 4.98 Å². The van der Waals surface area contributed by atoms with Gasteiger partial charge in [0, 0.05) is 50.7 Å². The summed E-state index contributed by atoms with van der Waals surface area (Å²) in [6.07, 6.45) is 2.62. The number of thiazole rings is 1. The van der Waals surface area contributed by atoms with E-state index in [2.05, 4.69) is 46.1 Å². The molecule has 0 spiro atoms. The van der Waals surface area contributed by atoms with Crippen LogP contribution in [0.2, 0.25) is 0 Å². The van der Waals surface area contributed by atoms with Crippen molar-refractivity contribution in [2.45, 2.75) is 51.7 Å². The molecule has 3 aliphatic rings. The van der Waals surface area contributed by atoms with E-state index in [0.717, 1.165) is 50.8 Å². The van der Waals surface area contributed by atoms with E-state index >= 15 is 0 Å². The first kappa shape index (κ1) is 21.2. The highest BCUT2D eigenvalue weighted by molar-refractivity contribution is 7.09. The van der Waals surface area contributed by atoms with Crippen LogP contribution < -0.4 is 9.47 Å². The summed E-state index contributed by atoms with van der Waals surface area (Å²) in [5.74, 6) is 2.28. The topological polar surface area (TPSA) is 41.1 Å². The zero-order valence-corrected chi connectivity index (χ0v) is 19.6. The maximum atomic E-state index is 5.53. The van der Waals surface area contributed by atoms with Crippen LogP contribution in [0, 0.1) is 0 Å². The molecule has 0 aliphatic carbocycles. The predicted molar refractivity (Wildman–Crippen MR) is 124 cm³/mol. The lowest BCUT2D eigenvalue weighted by Crippen LogP contribution is -2.54. The van der Waals surface area contributed by atoms with E-state index in [4.69, 9.17) is 14.5 Å². The van der Waals surface area contributed by atoms with Gasteiger partial charge in [0.25, 0.3) is 0 Å². The Morgan fingerprint density at radius 1 is 1.03 bits per heavy atom. The van der Waals surface area contributed by atoms with E-state index in [1.807, 2.05) is 17.4 Å². The number of fused-ring (bicyclic) bond motifs is 1. The Hall–Kier alpha value is -1.67. The summed E-state index contributed by atoms with van der Waals surface area (Å²) in [5.41, 5.74) is 2.55. The highest BCUT2D eigenvalue weighted by Gasteiger charge is 2.28. The molecule has 3 aliphatic heterocycles. The third kappa shape index (κ3) is 5.06. The molecule has 2 fully saturated rings. The first-order valence-corrected chi connectivity index (χ1v) is 12.5. The van der Waals surface area contributed by atoms with Crippen molar-refractivity contribution >= 4 is 11.3 Å². The summed E-state index contributed by atoms with van der Waals surface area (Å²) in [5, 5.41) is 3.51. The molecular weight excluding hydrogens is 408 g/mol. The van der Waals surface area contributed by atoms with Crippen LogP contribution in [0.15, 0.2) is 23.6 Å². The number of benzene rings is 1. The number of piperidine rings is 1. The van der Waals surface area contributed by atoms with Crippen LogP contribution >= 0.6 is 11.3 Å². The predicted octanol–water partition coefficient (Wildman–Crippen LogP) is 3.78. The molecule has 0 amide bonds. The van der Waals surface area contributed by atoms with E-state index in [0.29, 0.717) is 18.8 Å². The zero-order chi connectivity index (χ0) is 21.2. The number of piperazine rings is 1. The summed E-state index contributed by atoms with van der Waals surface area (Å²) in [6, 6.07) is 7.03. The molecule has 5 rings (SSSR count). The van der Waals surface area contributed by atoms with Crippen LogP contribution in [0.3, 0.4) is 0 Å². The number of hydrogen-bond donors (Lipinski definition) is 0. The van der Waals surface area contributed by atoms with Crippen molar-refractivity contribution in [1.82, 2.24) is 19.7 Å². The Labute approximate surface area is 189 Å². The molecule has 1 aromatic heterocycles. The van der Waals surface area contributed by atoms with Crippen LogP contribution in [0.4, 0.5) is 0 Å². The smallest absolute Gasteiger partial charge is 0.231 e. The minimum absolute atomic E-state index is 0.345. The second-order valence-electron chi connectivity index (χ2n) is 9.35. The second kappa shape index (κ2) is 9.45. The maximum absolute atomic E-state index is 5.53. The number of rotatable bonds is 6. The van der Waals surface area contributed by atoms with E-state index in [9.17, 15) is 0 Å². The van der Waals surface area contributed by atoms with Gasteiger partial charge in [0.2, 0.25) is 6.79 Å². The molecule has 168 valence electrons. The molecule has 2 aromatic rings. The number of likely N-dealkylation sites (tertiary alicyclic amines) is 1. The summed E-state index contributed by atoms with van der Waals surface area (Å²) in [7, 11) is 0. The summed E-state index contributed by atoms with van der Waals surface area (Å²) in [6.45, 7) is 13.8. The molecule has 6 nitrogen and oxygen atoms in total. The van der Waals surface area contributed by atoms with Crippen molar-refractivity contribution in [1.29, 1.82) is 0 Å². The van der Waals surface area contributed by atoms with Crippen molar-refractivity contribution in [3.05, 3.63) is 39.8 Å². The average molecular weight is 443 g/mol. The van der Waals surface area contributed by atoms with Gasteiger partial charge in [0.05, 0.1) is 12.2 Å². The number of ether oxygens (including phenoxy) is 2. The Kier molecular flexibility index (Phi) is 6.46. The summed E-state index contributed by atoms with van der Waals surface area (Å²) >= 11 is 1.83. The van der Waals surface area contributed by atoms with Crippen LogP contribution in [0.25, 0.3) is 0 Å². The number of hydrogen-bond acceptors (Lipinski definition) is 7. The first-order chi connectivity index (χ1) is 15.1. The molecule has 7 heteroatoms. The van der Waals surface area contributed by atoms with Gasteiger partial charge in [-0.2, -0.15) is 0 Å². The van der Waals surface area contributed by atoms with E-state index in [-0.39, 0.29) is 0 Å². The molecule has 1 aromatic carbocycles. The third-order valence-electron chi connectivity index (χ3n) is 6.77. The molecule has 4 heterocycles. The van der Waals surface area contributed by atoms with Gasteiger partial charge in [0.15, 0.2) is 11.5 Å². The normalized spacial score (nSPS) is 23.0. The minimum Gasteiger partial charge on any atom is -0.454 e. The van der Waals surface area contributed by atoms with E-state index in [1.165, 1.54) is 42.2 Å². The Bertz CT molecular complexity index is 878. The lowest BCUT2D eigenvalue weighted by atomic mass is 10.0. The van der Waals surface area contributed by atoms with Crippen LogP contribution in [-0.2, 0) is 13.1 Å². The van der Waals surface area contributed by atoms with Crippen molar-refractivity contribution < 1.29 is 9.47 Å². The fraction of sp³-hybridized carbons (Fsp3) is 0.625. The van der Waals surface area contributed by atoms with Gasteiger partial charge >= 0.3 is 0 Å². The monoisotopic (exact) mass is 442 g/mol. The fourth-order valence-corrected chi connectivity index (χ4v) is 5.91. The van der Waals surface area contributed by atoms with Crippen molar-refractivity contribution in [2.24, 2.45) is 0 Å². The zero-order valence-electron chi connectivity index (χ0n) is 18.8. The molecule has 0 saturated carbocycles.